The average molecular weight is 757 g/mol. The first-order valence-corrected chi connectivity index (χ1v) is 24.0. The Morgan fingerprint density at radius 3 is 1.74 bits per heavy atom. The molecule has 0 unspecified atom stereocenters. The van der Waals surface area contributed by atoms with E-state index in [-0.39, 0.29) is 5.41 Å². The van der Waals surface area contributed by atoms with Crippen LogP contribution in [0.1, 0.15) is 44.4 Å². The summed E-state index contributed by atoms with van der Waals surface area (Å²) in [6.07, 6.45) is 1.07. The quantitative estimate of drug-likeness (QED) is 0.135. The summed E-state index contributed by atoms with van der Waals surface area (Å²) < 4.78 is 0. The Balaban J connectivity index is 1.23. The van der Waals surface area contributed by atoms with E-state index in [1.807, 2.05) is 0 Å². The fraction of sp³-hybridized carbons (Fsp3) is 0.185. The number of fused-ring (bicyclic) bond motifs is 6. The highest BCUT2D eigenvalue weighted by atomic mass is 28.3. The van der Waals surface area contributed by atoms with Crippen molar-refractivity contribution in [2.24, 2.45) is 5.92 Å². The van der Waals surface area contributed by atoms with Gasteiger partial charge in [-0.05, 0) is 112 Å². The van der Waals surface area contributed by atoms with Gasteiger partial charge in [0.05, 0.1) is 19.4 Å². The maximum absolute atomic E-state index is 2.49. The summed E-state index contributed by atoms with van der Waals surface area (Å²) in [6, 6.07) is 63.6. The predicted molar refractivity (Wildman–Crippen MR) is 250 cm³/mol. The monoisotopic (exact) mass is 756 g/mol. The highest BCUT2D eigenvalue weighted by Crippen LogP contribution is 2.56. The SMILES string of the molecule is CC(C)Cc1ccc(N(c2ccc3c(c2)C(C)(C)c2cc(N(c4ccccc4)c4ccc([Si](C)(C)C)cc4)c4ccccc4c2-3)c2cccc3ccccc23)cc1. The fourth-order valence-electron chi connectivity index (χ4n) is 9.07. The largest absolute Gasteiger partial charge is 0.310 e. The molecule has 0 fully saturated rings. The maximum Gasteiger partial charge on any atom is 0.0775 e. The second-order valence-electron chi connectivity index (χ2n) is 17.8. The van der Waals surface area contributed by atoms with Gasteiger partial charge in [-0.15, -0.1) is 0 Å². The van der Waals surface area contributed by atoms with Crippen LogP contribution in [0.5, 0.6) is 0 Å². The number of hydrogen-bond acceptors (Lipinski definition) is 2. The molecule has 8 aromatic rings. The van der Waals surface area contributed by atoms with E-state index in [0.717, 1.165) is 12.1 Å². The van der Waals surface area contributed by atoms with E-state index >= 15 is 0 Å². The Bertz CT molecular complexity index is 2730. The Morgan fingerprint density at radius 2 is 1.05 bits per heavy atom. The smallest absolute Gasteiger partial charge is 0.0775 e. The van der Waals surface area contributed by atoms with E-state index in [1.54, 1.807) is 0 Å². The standard InChI is InChI=1S/C54H52N2Si/c1-37(2)34-38-24-26-41(27-25-38)56(51-23-15-17-39-16-11-12-20-45(39)51)43-30-33-48-49(35-43)54(3,4)50-36-52(46-21-13-14-22-47(46)53(48)50)55(40-18-9-8-10-19-40)42-28-31-44(32-29-42)57(5,6)7/h8-33,35-37H,34H2,1-7H3. The highest BCUT2D eigenvalue weighted by Gasteiger charge is 2.38. The van der Waals surface area contributed by atoms with Gasteiger partial charge in [0.2, 0.25) is 0 Å². The predicted octanol–water partition coefficient (Wildman–Crippen LogP) is 15.0. The number of para-hydroxylation sites is 1. The van der Waals surface area contributed by atoms with E-state index in [9.17, 15) is 0 Å². The van der Waals surface area contributed by atoms with Crippen molar-refractivity contribution in [3.8, 4) is 11.1 Å². The van der Waals surface area contributed by atoms with Crippen LogP contribution in [-0.4, -0.2) is 8.07 Å². The first-order valence-electron chi connectivity index (χ1n) is 20.5. The molecule has 1 aliphatic rings. The minimum Gasteiger partial charge on any atom is -0.310 e. The van der Waals surface area contributed by atoms with Crippen LogP contribution >= 0.6 is 0 Å². The van der Waals surface area contributed by atoms with Crippen molar-refractivity contribution < 1.29 is 0 Å². The summed E-state index contributed by atoms with van der Waals surface area (Å²) in [4.78, 5) is 4.93. The van der Waals surface area contributed by atoms with Crippen molar-refractivity contribution in [3.05, 3.63) is 187 Å². The van der Waals surface area contributed by atoms with Crippen LogP contribution in [0.3, 0.4) is 0 Å². The molecule has 57 heavy (non-hydrogen) atoms. The van der Waals surface area contributed by atoms with Gasteiger partial charge >= 0.3 is 0 Å². The summed E-state index contributed by atoms with van der Waals surface area (Å²) in [5.41, 5.74) is 13.5. The molecule has 0 aliphatic heterocycles. The fourth-order valence-corrected chi connectivity index (χ4v) is 10.2. The molecule has 1 aliphatic carbocycles. The van der Waals surface area contributed by atoms with Crippen LogP contribution in [0.15, 0.2) is 170 Å². The third-order valence-electron chi connectivity index (χ3n) is 12.0. The molecule has 0 heterocycles. The van der Waals surface area contributed by atoms with Crippen LogP contribution in [0.4, 0.5) is 34.1 Å². The molecule has 0 atom stereocenters. The zero-order chi connectivity index (χ0) is 39.5. The number of rotatable bonds is 9. The van der Waals surface area contributed by atoms with Gasteiger partial charge in [-0.3, -0.25) is 0 Å². The van der Waals surface area contributed by atoms with Crippen molar-refractivity contribution in [2.75, 3.05) is 9.80 Å². The summed E-state index contributed by atoms with van der Waals surface area (Å²) in [7, 11) is -1.46. The van der Waals surface area contributed by atoms with Gasteiger partial charge < -0.3 is 9.80 Å². The van der Waals surface area contributed by atoms with Crippen molar-refractivity contribution in [2.45, 2.75) is 59.2 Å². The normalized spacial score (nSPS) is 13.2. The number of hydrogen-bond donors (Lipinski definition) is 0. The first kappa shape index (κ1) is 36.7. The molecule has 2 nitrogen and oxygen atoms in total. The van der Waals surface area contributed by atoms with Gasteiger partial charge in [0.25, 0.3) is 0 Å². The Kier molecular flexibility index (Phi) is 9.17. The zero-order valence-corrected chi connectivity index (χ0v) is 35.3. The van der Waals surface area contributed by atoms with Crippen LogP contribution in [0.2, 0.25) is 19.6 Å². The molecule has 3 heteroatoms. The minimum absolute atomic E-state index is 0.255. The van der Waals surface area contributed by atoms with E-state index < -0.39 is 8.07 Å². The molecule has 8 aromatic carbocycles. The lowest BCUT2D eigenvalue weighted by atomic mass is 9.81. The van der Waals surface area contributed by atoms with Gasteiger partial charge in [0, 0.05) is 38.9 Å². The Labute approximate surface area is 340 Å². The third kappa shape index (κ3) is 6.54. The first-order chi connectivity index (χ1) is 27.5. The van der Waals surface area contributed by atoms with Crippen LogP contribution in [0, 0.1) is 5.92 Å². The van der Waals surface area contributed by atoms with E-state index in [2.05, 4.69) is 227 Å². The molecule has 0 amide bonds. The number of nitrogens with zero attached hydrogens (tertiary/aromatic N) is 2. The van der Waals surface area contributed by atoms with E-state index in [4.69, 9.17) is 0 Å². The van der Waals surface area contributed by atoms with Crippen molar-refractivity contribution in [3.63, 3.8) is 0 Å². The topological polar surface area (TPSA) is 6.48 Å². The third-order valence-corrected chi connectivity index (χ3v) is 14.1. The Hall–Kier alpha value is -5.90. The zero-order valence-electron chi connectivity index (χ0n) is 34.3. The van der Waals surface area contributed by atoms with E-state index in [1.165, 1.54) is 83.0 Å². The molecule has 0 saturated carbocycles. The molecule has 0 bridgehead atoms. The molecular formula is C54H52N2Si. The molecule has 0 spiro atoms. The molecule has 0 saturated heterocycles. The molecule has 282 valence electrons. The van der Waals surface area contributed by atoms with Crippen molar-refractivity contribution >= 4 is 68.9 Å². The summed E-state index contributed by atoms with van der Waals surface area (Å²) in [5.74, 6) is 0.609. The number of benzene rings is 8. The summed E-state index contributed by atoms with van der Waals surface area (Å²) in [6.45, 7) is 16.7. The van der Waals surface area contributed by atoms with Gasteiger partial charge in [0.15, 0.2) is 0 Å². The molecule has 0 N–H and O–H groups in total. The molecule has 0 aromatic heterocycles. The highest BCUT2D eigenvalue weighted by molar-refractivity contribution is 6.88. The molecule has 9 rings (SSSR count). The summed E-state index contributed by atoms with van der Waals surface area (Å²) >= 11 is 0. The van der Waals surface area contributed by atoms with Gasteiger partial charge in [-0.1, -0.05) is 162 Å². The molecular weight excluding hydrogens is 705 g/mol. The van der Waals surface area contributed by atoms with E-state index in [0.29, 0.717) is 5.92 Å². The van der Waals surface area contributed by atoms with Crippen LogP contribution in [-0.2, 0) is 11.8 Å². The molecule has 0 radical (unpaired) electrons. The Morgan fingerprint density at radius 1 is 0.491 bits per heavy atom. The second-order valence-corrected chi connectivity index (χ2v) is 22.9. The van der Waals surface area contributed by atoms with Crippen LogP contribution in [0.25, 0.3) is 32.7 Å². The second kappa shape index (κ2) is 14.2. The number of anilines is 6. The average Bonchev–Trinajstić information content (AvgIpc) is 3.44. The van der Waals surface area contributed by atoms with Gasteiger partial charge in [0.1, 0.15) is 0 Å². The minimum atomic E-state index is -1.46. The maximum atomic E-state index is 2.49. The van der Waals surface area contributed by atoms with Crippen molar-refractivity contribution in [1.82, 2.24) is 0 Å². The van der Waals surface area contributed by atoms with Gasteiger partial charge in [-0.2, -0.15) is 0 Å². The van der Waals surface area contributed by atoms with Gasteiger partial charge in [-0.25, -0.2) is 0 Å². The lowest BCUT2D eigenvalue weighted by Gasteiger charge is -2.30. The van der Waals surface area contributed by atoms with Crippen LogP contribution < -0.4 is 15.0 Å². The lowest BCUT2D eigenvalue weighted by Crippen LogP contribution is -2.37. The van der Waals surface area contributed by atoms with Crippen molar-refractivity contribution in [1.29, 1.82) is 0 Å². The summed E-state index contributed by atoms with van der Waals surface area (Å²) in [5, 5.41) is 6.48. The lowest BCUT2D eigenvalue weighted by molar-refractivity contribution is 0.647.